The number of piperidine rings is 1. The van der Waals surface area contributed by atoms with Gasteiger partial charge in [-0.1, -0.05) is 27.6 Å². The summed E-state index contributed by atoms with van der Waals surface area (Å²) in [7, 11) is 0. The van der Waals surface area contributed by atoms with Gasteiger partial charge in [0, 0.05) is 33.5 Å². The summed E-state index contributed by atoms with van der Waals surface area (Å²) >= 11 is 3.63. The zero-order valence-electron chi connectivity index (χ0n) is 18.4. The van der Waals surface area contributed by atoms with Gasteiger partial charge in [0.1, 0.15) is 5.82 Å². The second-order valence-corrected chi connectivity index (χ2v) is 9.27. The SMILES string of the molecule is CC(=O)c1cc(C)c(C2CCN(C(C)/C(C)=C/c3c(Br)ccnc3C)CC2)c(F)c1. The quantitative estimate of drug-likeness (QED) is 0.467. The van der Waals surface area contributed by atoms with Crippen molar-refractivity contribution in [3.8, 4) is 0 Å². The van der Waals surface area contributed by atoms with Crippen LogP contribution in [0, 0.1) is 19.7 Å². The molecule has 0 N–H and O–H groups in total. The Morgan fingerprint density at radius 2 is 1.93 bits per heavy atom. The Hall–Kier alpha value is -1.85. The summed E-state index contributed by atoms with van der Waals surface area (Å²) in [5.74, 6) is -0.127. The van der Waals surface area contributed by atoms with E-state index >= 15 is 0 Å². The predicted octanol–water partition coefficient (Wildman–Crippen LogP) is 6.47. The topological polar surface area (TPSA) is 33.2 Å². The summed E-state index contributed by atoms with van der Waals surface area (Å²) in [6, 6.07) is 5.51. The minimum absolute atomic E-state index is 0.0926. The predicted molar refractivity (Wildman–Crippen MR) is 124 cm³/mol. The molecule has 1 atom stereocenters. The number of hydrogen-bond donors (Lipinski definition) is 0. The molecule has 2 aromatic rings. The molecule has 0 bridgehead atoms. The third kappa shape index (κ3) is 4.89. The normalized spacial score (nSPS) is 17.2. The molecule has 1 aliphatic rings. The van der Waals surface area contributed by atoms with Gasteiger partial charge >= 0.3 is 0 Å². The molecule has 1 unspecified atom stereocenters. The van der Waals surface area contributed by atoms with E-state index in [0.717, 1.165) is 52.8 Å². The highest BCUT2D eigenvalue weighted by Crippen LogP contribution is 2.34. The van der Waals surface area contributed by atoms with Gasteiger partial charge in [-0.25, -0.2) is 4.39 Å². The van der Waals surface area contributed by atoms with Crippen LogP contribution in [0.3, 0.4) is 0 Å². The number of carbonyl (C=O) groups is 1. The number of benzene rings is 1. The van der Waals surface area contributed by atoms with Crippen LogP contribution in [0.5, 0.6) is 0 Å². The highest BCUT2D eigenvalue weighted by molar-refractivity contribution is 9.10. The van der Waals surface area contributed by atoms with E-state index in [-0.39, 0.29) is 17.5 Å². The number of rotatable bonds is 5. The molecule has 30 heavy (non-hydrogen) atoms. The van der Waals surface area contributed by atoms with E-state index in [1.165, 1.54) is 18.6 Å². The number of hydrogen-bond acceptors (Lipinski definition) is 3. The first-order chi connectivity index (χ1) is 14.2. The third-order valence-corrected chi connectivity index (χ3v) is 7.09. The number of carbonyl (C=O) groups excluding carboxylic acids is 1. The Balaban J connectivity index is 1.71. The Kier molecular flexibility index (Phi) is 7.25. The van der Waals surface area contributed by atoms with Gasteiger partial charge < -0.3 is 0 Å². The molecule has 0 spiro atoms. The number of likely N-dealkylation sites (tertiary alicyclic amines) is 1. The number of halogens is 2. The summed E-state index contributed by atoms with van der Waals surface area (Å²) in [6.45, 7) is 11.7. The highest BCUT2D eigenvalue weighted by atomic mass is 79.9. The van der Waals surface area contributed by atoms with Crippen molar-refractivity contribution in [3.63, 3.8) is 0 Å². The number of aryl methyl sites for hydroxylation is 2. The van der Waals surface area contributed by atoms with Gasteiger partial charge in [0.15, 0.2) is 5.78 Å². The van der Waals surface area contributed by atoms with Crippen molar-refractivity contribution in [2.75, 3.05) is 13.1 Å². The van der Waals surface area contributed by atoms with Crippen LogP contribution in [-0.4, -0.2) is 34.8 Å². The standard InChI is InChI=1S/C25H30BrFN2O/c1-15(13-22-17(3)28-9-6-23(22)26)18(4)29-10-7-20(8-11-29)25-16(2)12-21(19(5)30)14-24(25)27/h6,9,12-14,18,20H,7-8,10-11H2,1-5H3/b15-13+. The molecule has 3 nitrogen and oxygen atoms in total. The molecule has 1 fully saturated rings. The van der Waals surface area contributed by atoms with E-state index in [2.05, 4.69) is 45.7 Å². The fourth-order valence-corrected chi connectivity index (χ4v) is 4.93. The zero-order valence-corrected chi connectivity index (χ0v) is 20.0. The lowest BCUT2D eigenvalue weighted by Crippen LogP contribution is -2.40. The maximum atomic E-state index is 14.8. The molecule has 1 aromatic heterocycles. The number of aromatic nitrogens is 1. The molecular weight excluding hydrogens is 443 g/mol. The van der Waals surface area contributed by atoms with E-state index in [1.54, 1.807) is 0 Å². The van der Waals surface area contributed by atoms with E-state index < -0.39 is 0 Å². The Morgan fingerprint density at radius 3 is 2.50 bits per heavy atom. The number of nitrogens with zero attached hydrogens (tertiary/aromatic N) is 2. The van der Waals surface area contributed by atoms with Crippen LogP contribution in [0.1, 0.15) is 72.3 Å². The van der Waals surface area contributed by atoms with Crippen molar-refractivity contribution < 1.29 is 9.18 Å². The summed E-state index contributed by atoms with van der Waals surface area (Å²) in [6.07, 6.45) is 5.87. The number of ketones is 1. The van der Waals surface area contributed by atoms with Crippen molar-refractivity contribution >= 4 is 27.8 Å². The molecule has 5 heteroatoms. The van der Waals surface area contributed by atoms with Crippen LogP contribution in [0.2, 0.25) is 0 Å². The Bertz CT molecular complexity index is 934. The lowest BCUT2D eigenvalue weighted by molar-refractivity contribution is 0.101. The smallest absolute Gasteiger partial charge is 0.159 e. The van der Waals surface area contributed by atoms with Crippen molar-refractivity contribution in [1.29, 1.82) is 0 Å². The molecule has 0 radical (unpaired) electrons. The molecule has 0 saturated carbocycles. The van der Waals surface area contributed by atoms with Gasteiger partial charge in [0.25, 0.3) is 0 Å². The van der Waals surface area contributed by atoms with E-state index in [0.29, 0.717) is 11.6 Å². The monoisotopic (exact) mass is 472 g/mol. The second kappa shape index (κ2) is 9.52. The highest BCUT2D eigenvalue weighted by Gasteiger charge is 2.27. The lowest BCUT2D eigenvalue weighted by atomic mass is 9.84. The van der Waals surface area contributed by atoms with Crippen molar-refractivity contribution in [3.05, 3.63) is 68.2 Å². The molecule has 1 aromatic carbocycles. The zero-order chi connectivity index (χ0) is 22.0. The maximum absolute atomic E-state index is 14.8. The number of Topliss-reactive ketones (excluding diaryl/α,β-unsaturated/α-hetero) is 1. The fourth-order valence-electron chi connectivity index (χ4n) is 4.41. The molecule has 2 heterocycles. The average Bonchev–Trinajstić information content (AvgIpc) is 2.70. The third-order valence-electron chi connectivity index (χ3n) is 6.40. The first kappa shape index (κ1) is 22.8. The molecule has 160 valence electrons. The number of pyridine rings is 1. The first-order valence-corrected chi connectivity index (χ1v) is 11.3. The van der Waals surface area contributed by atoms with Crippen LogP contribution < -0.4 is 0 Å². The van der Waals surface area contributed by atoms with Gasteiger partial charge in [-0.05, 0) is 95.8 Å². The van der Waals surface area contributed by atoms with Gasteiger partial charge in [0.05, 0.1) is 0 Å². The summed E-state index contributed by atoms with van der Waals surface area (Å²) in [5, 5.41) is 0. The molecule has 1 saturated heterocycles. The summed E-state index contributed by atoms with van der Waals surface area (Å²) in [5.41, 5.74) is 5.56. The Morgan fingerprint density at radius 1 is 1.27 bits per heavy atom. The summed E-state index contributed by atoms with van der Waals surface area (Å²) < 4.78 is 15.8. The first-order valence-electron chi connectivity index (χ1n) is 10.5. The Labute approximate surface area is 187 Å². The fraction of sp³-hybridized carbons (Fsp3) is 0.440. The van der Waals surface area contributed by atoms with Crippen LogP contribution in [0.15, 0.2) is 34.4 Å². The minimum atomic E-state index is -0.236. The van der Waals surface area contributed by atoms with Crippen molar-refractivity contribution in [2.24, 2.45) is 0 Å². The molecular formula is C25H30BrFN2O. The molecule has 0 aliphatic carbocycles. The lowest BCUT2D eigenvalue weighted by Gasteiger charge is -2.37. The average molecular weight is 473 g/mol. The maximum Gasteiger partial charge on any atom is 0.159 e. The van der Waals surface area contributed by atoms with Crippen LogP contribution in [-0.2, 0) is 0 Å². The van der Waals surface area contributed by atoms with Crippen LogP contribution >= 0.6 is 15.9 Å². The van der Waals surface area contributed by atoms with Gasteiger partial charge in [-0.2, -0.15) is 0 Å². The molecule has 1 aliphatic heterocycles. The van der Waals surface area contributed by atoms with E-state index in [1.807, 2.05) is 32.2 Å². The van der Waals surface area contributed by atoms with Gasteiger partial charge in [0.2, 0.25) is 0 Å². The minimum Gasteiger partial charge on any atom is -0.297 e. The van der Waals surface area contributed by atoms with Gasteiger partial charge in [-0.15, -0.1) is 0 Å². The molecule has 0 amide bonds. The largest absolute Gasteiger partial charge is 0.297 e. The van der Waals surface area contributed by atoms with Crippen LogP contribution in [0.25, 0.3) is 6.08 Å². The van der Waals surface area contributed by atoms with Crippen molar-refractivity contribution in [1.82, 2.24) is 9.88 Å². The van der Waals surface area contributed by atoms with E-state index in [4.69, 9.17) is 0 Å². The summed E-state index contributed by atoms with van der Waals surface area (Å²) in [4.78, 5) is 18.5. The van der Waals surface area contributed by atoms with Crippen LogP contribution in [0.4, 0.5) is 4.39 Å². The second-order valence-electron chi connectivity index (χ2n) is 8.41. The van der Waals surface area contributed by atoms with Crippen molar-refractivity contribution in [2.45, 2.75) is 59.4 Å². The van der Waals surface area contributed by atoms with E-state index in [9.17, 15) is 9.18 Å². The van der Waals surface area contributed by atoms with Gasteiger partial charge in [-0.3, -0.25) is 14.7 Å². The molecule has 3 rings (SSSR count).